The number of anilines is 1. The molecular formula is C13H20N2. The molecule has 0 spiro atoms. The smallest absolute Gasteiger partial charge is 0.0500 e. The first-order valence-corrected chi connectivity index (χ1v) is 5.68. The van der Waals surface area contributed by atoms with Crippen LogP contribution in [-0.2, 0) is 0 Å². The minimum absolute atomic E-state index is 0.160. The molecule has 1 fully saturated rings. The lowest BCUT2D eigenvalue weighted by atomic mass is 9.69. The number of hydrogen-bond acceptors (Lipinski definition) is 2. The van der Waals surface area contributed by atoms with Crippen LogP contribution in [0, 0.1) is 12.8 Å². The summed E-state index contributed by atoms with van der Waals surface area (Å²) in [4.78, 5) is 0. The zero-order valence-electron chi connectivity index (χ0n) is 9.59. The fourth-order valence-corrected chi connectivity index (χ4v) is 2.62. The van der Waals surface area contributed by atoms with Crippen LogP contribution in [0.5, 0.6) is 0 Å². The van der Waals surface area contributed by atoms with E-state index in [2.05, 4.69) is 43.4 Å². The van der Waals surface area contributed by atoms with Gasteiger partial charge in [-0.2, -0.15) is 0 Å². The third-order valence-corrected chi connectivity index (χ3v) is 3.30. The van der Waals surface area contributed by atoms with Gasteiger partial charge in [0.25, 0.3) is 0 Å². The van der Waals surface area contributed by atoms with E-state index in [4.69, 9.17) is 5.73 Å². The van der Waals surface area contributed by atoms with E-state index < -0.39 is 0 Å². The first-order valence-electron chi connectivity index (χ1n) is 5.68. The van der Waals surface area contributed by atoms with Crippen molar-refractivity contribution in [2.24, 2.45) is 11.7 Å². The summed E-state index contributed by atoms with van der Waals surface area (Å²) in [6.07, 6.45) is 2.38. The lowest BCUT2D eigenvalue weighted by Gasteiger charge is -2.47. The van der Waals surface area contributed by atoms with E-state index in [0.29, 0.717) is 0 Å². The Labute approximate surface area is 91.9 Å². The van der Waals surface area contributed by atoms with Gasteiger partial charge in [-0.15, -0.1) is 0 Å². The average molecular weight is 204 g/mol. The first-order chi connectivity index (χ1) is 7.13. The minimum Gasteiger partial charge on any atom is -0.378 e. The summed E-state index contributed by atoms with van der Waals surface area (Å²) < 4.78 is 0. The van der Waals surface area contributed by atoms with Gasteiger partial charge in [0.05, 0.1) is 5.54 Å². The molecule has 2 nitrogen and oxygen atoms in total. The summed E-state index contributed by atoms with van der Waals surface area (Å²) in [6.45, 7) is 5.13. The van der Waals surface area contributed by atoms with Crippen LogP contribution in [0.25, 0.3) is 0 Å². The molecule has 0 aliphatic heterocycles. The van der Waals surface area contributed by atoms with Crippen molar-refractivity contribution < 1.29 is 0 Å². The van der Waals surface area contributed by atoms with Gasteiger partial charge < -0.3 is 11.1 Å². The van der Waals surface area contributed by atoms with E-state index in [-0.39, 0.29) is 5.54 Å². The van der Waals surface area contributed by atoms with Crippen LogP contribution in [-0.4, -0.2) is 12.1 Å². The molecule has 2 heteroatoms. The second-order valence-corrected chi connectivity index (χ2v) is 4.99. The number of nitrogens with one attached hydrogen (secondary N) is 1. The predicted octanol–water partition coefficient (Wildman–Crippen LogP) is 2.53. The highest BCUT2D eigenvalue weighted by atomic mass is 15.0. The molecule has 0 aromatic heterocycles. The molecule has 0 unspecified atom stereocenters. The fourth-order valence-electron chi connectivity index (χ4n) is 2.62. The van der Waals surface area contributed by atoms with Gasteiger partial charge in [-0.05, 0) is 43.4 Å². The summed E-state index contributed by atoms with van der Waals surface area (Å²) in [5.41, 5.74) is 8.51. The summed E-state index contributed by atoms with van der Waals surface area (Å²) in [5.74, 6) is 0.811. The van der Waals surface area contributed by atoms with Gasteiger partial charge in [0.2, 0.25) is 0 Å². The average Bonchev–Trinajstić information content (AvgIpc) is 2.15. The molecule has 1 aromatic carbocycles. The van der Waals surface area contributed by atoms with Crippen LogP contribution in [0.1, 0.15) is 25.3 Å². The molecule has 0 heterocycles. The number of rotatable bonds is 3. The van der Waals surface area contributed by atoms with E-state index in [1.807, 2.05) is 0 Å². The van der Waals surface area contributed by atoms with Gasteiger partial charge in [-0.1, -0.05) is 19.1 Å². The molecule has 0 saturated heterocycles. The van der Waals surface area contributed by atoms with Crippen LogP contribution in [0.2, 0.25) is 0 Å². The van der Waals surface area contributed by atoms with Gasteiger partial charge in [-0.25, -0.2) is 0 Å². The number of hydrogen-bond donors (Lipinski definition) is 2. The standard InChI is InChI=1S/C13H20N2/c1-10-4-3-5-12(6-10)15-13(9-14)7-11(2)8-13/h3-6,11,15H,7-9,14H2,1-2H3. The molecule has 0 amide bonds. The maximum Gasteiger partial charge on any atom is 0.0500 e. The molecule has 3 N–H and O–H groups in total. The Morgan fingerprint density at radius 3 is 2.73 bits per heavy atom. The lowest BCUT2D eigenvalue weighted by Crippen LogP contribution is -2.54. The fraction of sp³-hybridized carbons (Fsp3) is 0.538. The van der Waals surface area contributed by atoms with Crippen molar-refractivity contribution in [3.63, 3.8) is 0 Å². The van der Waals surface area contributed by atoms with Crippen LogP contribution >= 0.6 is 0 Å². The van der Waals surface area contributed by atoms with E-state index >= 15 is 0 Å². The second kappa shape index (κ2) is 3.86. The molecule has 1 aliphatic carbocycles. The Kier molecular flexibility index (Phi) is 2.70. The summed E-state index contributed by atoms with van der Waals surface area (Å²) in [7, 11) is 0. The monoisotopic (exact) mass is 204 g/mol. The van der Waals surface area contributed by atoms with Crippen molar-refractivity contribution in [3.8, 4) is 0 Å². The maximum atomic E-state index is 5.85. The second-order valence-electron chi connectivity index (χ2n) is 4.99. The van der Waals surface area contributed by atoms with Gasteiger partial charge in [0.1, 0.15) is 0 Å². The van der Waals surface area contributed by atoms with E-state index in [1.54, 1.807) is 0 Å². The highest BCUT2D eigenvalue weighted by Gasteiger charge is 2.40. The van der Waals surface area contributed by atoms with Gasteiger partial charge in [-0.3, -0.25) is 0 Å². The zero-order chi connectivity index (χ0) is 10.9. The molecule has 1 aromatic rings. The van der Waals surface area contributed by atoms with Gasteiger partial charge in [0, 0.05) is 12.2 Å². The van der Waals surface area contributed by atoms with E-state index in [9.17, 15) is 0 Å². The topological polar surface area (TPSA) is 38.0 Å². The summed E-state index contributed by atoms with van der Waals surface area (Å²) in [5, 5.41) is 3.59. The summed E-state index contributed by atoms with van der Waals surface area (Å²) in [6, 6.07) is 8.50. The Bertz CT molecular complexity index is 340. The lowest BCUT2D eigenvalue weighted by molar-refractivity contribution is 0.194. The molecule has 0 radical (unpaired) electrons. The third-order valence-electron chi connectivity index (χ3n) is 3.30. The maximum absolute atomic E-state index is 5.85. The molecule has 82 valence electrons. The van der Waals surface area contributed by atoms with Gasteiger partial charge >= 0.3 is 0 Å². The Morgan fingerprint density at radius 1 is 1.47 bits per heavy atom. The van der Waals surface area contributed by atoms with E-state index in [0.717, 1.165) is 12.5 Å². The Hall–Kier alpha value is -1.02. The van der Waals surface area contributed by atoms with Crippen molar-refractivity contribution in [3.05, 3.63) is 29.8 Å². The minimum atomic E-state index is 0.160. The molecule has 0 bridgehead atoms. The highest BCUT2D eigenvalue weighted by molar-refractivity contribution is 5.48. The van der Waals surface area contributed by atoms with Crippen molar-refractivity contribution in [1.82, 2.24) is 0 Å². The van der Waals surface area contributed by atoms with Crippen LogP contribution in [0.4, 0.5) is 5.69 Å². The normalized spacial score (nSPS) is 29.7. The Balaban J connectivity index is 2.07. The SMILES string of the molecule is Cc1cccc(NC2(CN)CC(C)C2)c1. The molecule has 1 saturated carbocycles. The largest absolute Gasteiger partial charge is 0.378 e. The number of nitrogens with two attached hydrogens (primary N) is 1. The zero-order valence-corrected chi connectivity index (χ0v) is 9.59. The molecule has 15 heavy (non-hydrogen) atoms. The van der Waals surface area contributed by atoms with Crippen LogP contribution in [0.15, 0.2) is 24.3 Å². The third kappa shape index (κ3) is 2.15. The van der Waals surface area contributed by atoms with Crippen LogP contribution in [0.3, 0.4) is 0 Å². The van der Waals surface area contributed by atoms with E-state index in [1.165, 1.54) is 24.1 Å². The molecule has 1 aliphatic rings. The molecular weight excluding hydrogens is 184 g/mol. The van der Waals surface area contributed by atoms with Gasteiger partial charge in [0.15, 0.2) is 0 Å². The quantitative estimate of drug-likeness (QED) is 0.794. The summed E-state index contributed by atoms with van der Waals surface area (Å²) >= 11 is 0. The van der Waals surface area contributed by atoms with Crippen molar-refractivity contribution >= 4 is 5.69 Å². The molecule has 2 rings (SSSR count). The number of aryl methyl sites for hydroxylation is 1. The number of benzene rings is 1. The molecule has 0 atom stereocenters. The van der Waals surface area contributed by atoms with Crippen LogP contribution < -0.4 is 11.1 Å². The van der Waals surface area contributed by atoms with Crippen molar-refractivity contribution in [1.29, 1.82) is 0 Å². The first kappa shape index (κ1) is 10.5. The van der Waals surface area contributed by atoms with Crippen molar-refractivity contribution in [2.75, 3.05) is 11.9 Å². The predicted molar refractivity (Wildman–Crippen MR) is 65.0 cm³/mol. The van der Waals surface area contributed by atoms with Crippen molar-refractivity contribution in [2.45, 2.75) is 32.2 Å². The Morgan fingerprint density at radius 2 is 2.20 bits per heavy atom. The highest BCUT2D eigenvalue weighted by Crippen LogP contribution is 2.39.